The van der Waals surface area contributed by atoms with Crippen molar-refractivity contribution in [3.63, 3.8) is 0 Å². The van der Waals surface area contributed by atoms with E-state index in [2.05, 4.69) is 15.6 Å². The van der Waals surface area contributed by atoms with Crippen LogP contribution in [0.4, 0.5) is 5.69 Å². The molecule has 21 heavy (non-hydrogen) atoms. The highest BCUT2D eigenvalue weighted by atomic mass is 35.5. The van der Waals surface area contributed by atoms with E-state index in [1.54, 1.807) is 49.5 Å². The topological polar surface area (TPSA) is 71.1 Å². The molecule has 0 aliphatic rings. The van der Waals surface area contributed by atoms with Gasteiger partial charge in [0.05, 0.1) is 6.42 Å². The van der Waals surface area contributed by atoms with E-state index in [4.69, 9.17) is 11.6 Å². The summed E-state index contributed by atoms with van der Waals surface area (Å²) in [6.07, 6.45) is 0.306. The number of aromatic nitrogens is 1. The van der Waals surface area contributed by atoms with Crippen molar-refractivity contribution < 1.29 is 9.59 Å². The normalized spacial score (nSPS) is 10.0. The molecule has 1 aromatic heterocycles. The van der Waals surface area contributed by atoms with Crippen molar-refractivity contribution in [2.45, 2.75) is 6.42 Å². The Labute approximate surface area is 127 Å². The van der Waals surface area contributed by atoms with Crippen LogP contribution in [-0.4, -0.2) is 23.8 Å². The molecule has 0 aliphatic heterocycles. The first-order valence-corrected chi connectivity index (χ1v) is 6.69. The average molecular weight is 304 g/mol. The molecule has 0 aliphatic carbocycles. The lowest BCUT2D eigenvalue weighted by Crippen LogP contribution is -2.19. The minimum absolute atomic E-state index is 0.0603. The zero-order valence-corrected chi connectivity index (χ0v) is 12.1. The van der Waals surface area contributed by atoms with Gasteiger partial charge >= 0.3 is 0 Å². The molecule has 0 atom stereocenters. The highest BCUT2D eigenvalue weighted by Gasteiger charge is 2.08. The SMILES string of the molecule is CNC(=O)Cc1ccc(NC(=O)c2cccc(Cl)n2)cc1. The molecular weight excluding hydrogens is 290 g/mol. The van der Waals surface area contributed by atoms with Gasteiger partial charge in [-0.15, -0.1) is 0 Å². The van der Waals surface area contributed by atoms with E-state index in [9.17, 15) is 9.59 Å². The molecule has 2 rings (SSSR count). The fourth-order valence-corrected chi connectivity index (χ4v) is 1.87. The molecule has 0 saturated heterocycles. The quantitative estimate of drug-likeness (QED) is 0.851. The summed E-state index contributed by atoms with van der Waals surface area (Å²) in [5.74, 6) is -0.397. The Kier molecular flexibility index (Phi) is 4.90. The Bertz CT molecular complexity index is 656. The second-order valence-electron chi connectivity index (χ2n) is 4.35. The number of carbonyl (C=O) groups is 2. The van der Waals surface area contributed by atoms with Crippen LogP contribution in [0.1, 0.15) is 16.1 Å². The second kappa shape index (κ2) is 6.85. The minimum atomic E-state index is -0.337. The zero-order chi connectivity index (χ0) is 15.2. The van der Waals surface area contributed by atoms with Gasteiger partial charge in [0.15, 0.2) is 0 Å². The smallest absolute Gasteiger partial charge is 0.274 e. The first-order valence-electron chi connectivity index (χ1n) is 6.32. The van der Waals surface area contributed by atoms with Crippen LogP contribution in [0, 0.1) is 0 Å². The number of pyridine rings is 1. The van der Waals surface area contributed by atoms with Crippen molar-refractivity contribution in [1.29, 1.82) is 0 Å². The lowest BCUT2D eigenvalue weighted by atomic mass is 10.1. The Morgan fingerprint density at radius 2 is 1.86 bits per heavy atom. The van der Waals surface area contributed by atoms with E-state index >= 15 is 0 Å². The summed E-state index contributed by atoms with van der Waals surface area (Å²) in [4.78, 5) is 27.2. The molecule has 2 N–H and O–H groups in total. The number of hydrogen-bond donors (Lipinski definition) is 2. The van der Waals surface area contributed by atoms with Crippen molar-refractivity contribution in [2.75, 3.05) is 12.4 Å². The van der Waals surface area contributed by atoms with Crippen LogP contribution in [0.5, 0.6) is 0 Å². The fourth-order valence-electron chi connectivity index (χ4n) is 1.71. The van der Waals surface area contributed by atoms with E-state index in [0.29, 0.717) is 12.1 Å². The summed E-state index contributed by atoms with van der Waals surface area (Å²) in [6.45, 7) is 0. The maximum Gasteiger partial charge on any atom is 0.274 e. The fraction of sp³-hybridized carbons (Fsp3) is 0.133. The molecule has 2 aromatic rings. The summed E-state index contributed by atoms with van der Waals surface area (Å²) in [6, 6.07) is 11.9. The summed E-state index contributed by atoms with van der Waals surface area (Å²) < 4.78 is 0. The number of amides is 2. The highest BCUT2D eigenvalue weighted by Crippen LogP contribution is 2.12. The minimum Gasteiger partial charge on any atom is -0.359 e. The maximum absolute atomic E-state index is 12.0. The van der Waals surface area contributed by atoms with Gasteiger partial charge in [-0.3, -0.25) is 9.59 Å². The van der Waals surface area contributed by atoms with Crippen LogP contribution < -0.4 is 10.6 Å². The van der Waals surface area contributed by atoms with Gasteiger partial charge in [-0.2, -0.15) is 0 Å². The summed E-state index contributed by atoms with van der Waals surface area (Å²) in [5.41, 5.74) is 1.74. The Balaban J connectivity index is 2.03. The molecule has 1 aromatic carbocycles. The number of nitrogens with zero attached hydrogens (tertiary/aromatic N) is 1. The standard InChI is InChI=1S/C15H14ClN3O2/c1-17-14(20)9-10-5-7-11(8-6-10)18-15(21)12-3-2-4-13(16)19-12/h2-8H,9H2,1H3,(H,17,20)(H,18,21). The predicted molar refractivity (Wildman–Crippen MR) is 81.4 cm³/mol. The van der Waals surface area contributed by atoms with E-state index in [-0.39, 0.29) is 22.7 Å². The number of halogens is 1. The third kappa shape index (κ3) is 4.29. The van der Waals surface area contributed by atoms with Crippen molar-refractivity contribution in [3.8, 4) is 0 Å². The van der Waals surface area contributed by atoms with Gasteiger partial charge in [0.1, 0.15) is 10.8 Å². The van der Waals surface area contributed by atoms with Crippen LogP contribution in [-0.2, 0) is 11.2 Å². The molecule has 0 bridgehead atoms. The van der Waals surface area contributed by atoms with Crippen LogP contribution >= 0.6 is 11.6 Å². The number of nitrogens with one attached hydrogen (secondary N) is 2. The number of likely N-dealkylation sites (N-methyl/N-ethyl adjacent to an activating group) is 1. The largest absolute Gasteiger partial charge is 0.359 e. The number of rotatable bonds is 4. The molecule has 5 nitrogen and oxygen atoms in total. The Hall–Kier alpha value is -2.40. The van der Waals surface area contributed by atoms with Crippen LogP contribution in [0.3, 0.4) is 0 Å². The molecule has 0 radical (unpaired) electrons. The molecule has 0 saturated carbocycles. The number of anilines is 1. The highest BCUT2D eigenvalue weighted by molar-refractivity contribution is 6.29. The third-order valence-electron chi connectivity index (χ3n) is 2.80. The molecule has 0 spiro atoms. The monoisotopic (exact) mass is 303 g/mol. The number of benzene rings is 1. The predicted octanol–water partition coefficient (Wildman–Crippen LogP) is 2.28. The summed E-state index contributed by atoms with van der Waals surface area (Å²) >= 11 is 5.75. The average Bonchev–Trinajstić information content (AvgIpc) is 2.49. The summed E-state index contributed by atoms with van der Waals surface area (Å²) in [7, 11) is 1.59. The van der Waals surface area contributed by atoms with E-state index in [1.807, 2.05) is 0 Å². The molecule has 0 unspecified atom stereocenters. The van der Waals surface area contributed by atoms with Crippen molar-refractivity contribution in [1.82, 2.24) is 10.3 Å². The van der Waals surface area contributed by atoms with Crippen LogP contribution in [0.15, 0.2) is 42.5 Å². The maximum atomic E-state index is 12.0. The molecule has 6 heteroatoms. The van der Waals surface area contributed by atoms with Gasteiger partial charge < -0.3 is 10.6 Å². The number of carbonyl (C=O) groups excluding carboxylic acids is 2. The zero-order valence-electron chi connectivity index (χ0n) is 11.4. The molecule has 2 amide bonds. The molecule has 1 heterocycles. The van der Waals surface area contributed by atoms with Crippen LogP contribution in [0.2, 0.25) is 5.15 Å². The van der Waals surface area contributed by atoms with E-state index in [0.717, 1.165) is 5.56 Å². The Morgan fingerprint density at radius 3 is 2.48 bits per heavy atom. The third-order valence-corrected chi connectivity index (χ3v) is 3.01. The first-order chi connectivity index (χ1) is 10.1. The second-order valence-corrected chi connectivity index (χ2v) is 4.73. The van der Waals surface area contributed by atoms with Gasteiger partial charge in [0.25, 0.3) is 5.91 Å². The first kappa shape index (κ1) is 15.0. The van der Waals surface area contributed by atoms with Gasteiger partial charge in [0.2, 0.25) is 5.91 Å². The van der Waals surface area contributed by atoms with Crippen LogP contribution in [0.25, 0.3) is 0 Å². The van der Waals surface area contributed by atoms with Gasteiger partial charge in [-0.25, -0.2) is 4.98 Å². The van der Waals surface area contributed by atoms with E-state index in [1.165, 1.54) is 0 Å². The number of hydrogen-bond acceptors (Lipinski definition) is 3. The molecule has 0 fully saturated rings. The lowest BCUT2D eigenvalue weighted by Gasteiger charge is -2.06. The Morgan fingerprint density at radius 1 is 1.14 bits per heavy atom. The van der Waals surface area contributed by atoms with Crippen molar-refractivity contribution in [3.05, 3.63) is 58.9 Å². The molecular formula is C15H14ClN3O2. The van der Waals surface area contributed by atoms with E-state index < -0.39 is 0 Å². The van der Waals surface area contributed by atoms with Gasteiger partial charge in [0, 0.05) is 12.7 Å². The lowest BCUT2D eigenvalue weighted by molar-refractivity contribution is -0.119. The van der Waals surface area contributed by atoms with Gasteiger partial charge in [-0.1, -0.05) is 29.8 Å². The summed E-state index contributed by atoms with van der Waals surface area (Å²) in [5, 5.41) is 5.54. The van der Waals surface area contributed by atoms with Gasteiger partial charge in [-0.05, 0) is 29.8 Å². The van der Waals surface area contributed by atoms with Crippen molar-refractivity contribution >= 4 is 29.1 Å². The molecule has 108 valence electrons. The van der Waals surface area contributed by atoms with Crippen molar-refractivity contribution in [2.24, 2.45) is 0 Å².